The molecule has 2 N–H and O–H groups in total. The van der Waals surface area contributed by atoms with E-state index in [1.165, 1.54) is 7.11 Å². The van der Waals surface area contributed by atoms with E-state index < -0.39 is 5.60 Å². The SMILES string of the molecule is COC(=O)Cc1ccccc1CNCC1(O)CCC1. The van der Waals surface area contributed by atoms with Gasteiger partial charge in [-0.15, -0.1) is 0 Å². The second kappa shape index (κ2) is 6.17. The first kappa shape index (κ1) is 14.0. The number of benzene rings is 1. The molecule has 4 nitrogen and oxygen atoms in total. The molecule has 4 heteroatoms. The van der Waals surface area contributed by atoms with Crippen molar-refractivity contribution in [3.8, 4) is 0 Å². The third-order valence-electron chi connectivity index (χ3n) is 3.73. The smallest absolute Gasteiger partial charge is 0.309 e. The Hall–Kier alpha value is -1.39. The number of esters is 1. The highest BCUT2D eigenvalue weighted by Gasteiger charge is 2.33. The Morgan fingerprint density at radius 3 is 2.63 bits per heavy atom. The fraction of sp³-hybridized carbons (Fsp3) is 0.533. The monoisotopic (exact) mass is 263 g/mol. The van der Waals surface area contributed by atoms with E-state index in [2.05, 4.69) is 5.32 Å². The minimum atomic E-state index is -0.517. The van der Waals surface area contributed by atoms with Gasteiger partial charge in [-0.2, -0.15) is 0 Å². The summed E-state index contributed by atoms with van der Waals surface area (Å²) in [5, 5.41) is 13.3. The highest BCUT2D eigenvalue weighted by molar-refractivity contribution is 5.72. The molecule has 0 amide bonds. The molecular weight excluding hydrogens is 242 g/mol. The summed E-state index contributed by atoms with van der Waals surface area (Å²) in [7, 11) is 1.40. The molecule has 0 radical (unpaired) electrons. The van der Waals surface area contributed by atoms with E-state index in [0.29, 0.717) is 19.5 Å². The first-order chi connectivity index (χ1) is 9.13. The van der Waals surface area contributed by atoms with Crippen LogP contribution in [0.15, 0.2) is 24.3 Å². The van der Waals surface area contributed by atoms with Crippen molar-refractivity contribution < 1.29 is 14.6 Å². The molecule has 1 saturated carbocycles. The first-order valence-corrected chi connectivity index (χ1v) is 6.70. The van der Waals surface area contributed by atoms with Gasteiger partial charge in [-0.25, -0.2) is 0 Å². The lowest BCUT2D eigenvalue weighted by Crippen LogP contribution is -2.46. The van der Waals surface area contributed by atoms with Crippen LogP contribution in [0.3, 0.4) is 0 Å². The van der Waals surface area contributed by atoms with E-state index in [1.807, 2.05) is 24.3 Å². The van der Waals surface area contributed by atoms with E-state index in [-0.39, 0.29) is 5.97 Å². The van der Waals surface area contributed by atoms with E-state index in [9.17, 15) is 9.90 Å². The van der Waals surface area contributed by atoms with Crippen LogP contribution < -0.4 is 5.32 Å². The molecule has 1 aromatic rings. The van der Waals surface area contributed by atoms with Crippen LogP contribution >= 0.6 is 0 Å². The fourth-order valence-corrected chi connectivity index (χ4v) is 2.32. The fourth-order valence-electron chi connectivity index (χ4n) is 2.32. The quantitative estimate of drug-likeness (QED) is 0.762. The maximum Gasteiger partial charge on any atom is 0.309 e. The Kier molecular flexibility index (Phi) is 4.56. The Morgan fingerprint density at radius 1 is 1.37 bits per heavy atom. The largest absolute Gasteiger partial charge is 0.469 e. The molecule has 0 heterocycles. The van der Waals surface area contributed by atoms with E-state index in [0.717, 1.165) is 30.4 Å². The summed E-state index contributed by atoms with van der Waals surface area (Å²) in [5.41, 5.74) is 1.54. The van der Waals surface area contributed by atoms with Gasteiger partial charge in [0.05, 0.1) is 19.1 Å². The number of ether oxygens (including phenoxy) is 1. The predicted molar refractivity (Wildman–Crippen MR) is 72.7 cm³/mol. The third kappa shape index (κ3) is 3.78. The molecule has 2 rings (SSSR count). The summed E-state index contributed by atoms with van der Waals surface area (Å²) in [4.78, 5) is 11.3. The van der Waals surface area contributed by atoms with Crippen molar-refractivity contribution in [2.75, 3.05) is 13.7 Å². The standard InChI is InChI=1S/C15H21NO3/c1-19-14(17)9-12-5-2-3-6-13(12)10-16-11-15(18)7-4-8-15/h2-3,5-6,16,18H,4,7-11H2,1H3. The van der Waals surface area contributed by atoms with Gasteiger partial charge < -0.3 is 15.2 Å². The Labute approximate surface area is 113 Å². The molecule has 0 spiro atoms. The second-order valence-corrected chi connectivity index (χ2v) is 5.20. The lowest BCUT2D eigenvalue weighted by atomic mass is 9.80. The highest BCUT2D eigenvalue weighted by Crippen LogP contribution is 2.30. The zero-order valence-electron chi connectivity index (χ0n) is 11.3. The number of hydrogen-bond acceptors (Lipinski definition) is 4. The van der Waals surface area contributed by atoms with Crippen LogP contribution in [0.2, 0.25) is 0 Å². The number of hydrogen-bond donors (Lipinski definition) is 2. The molecule has 1 aliphatic rings. The summed E-state index contributed by atoms with van der Waals surface area (Å²) >= 11 is 0. The average Bonchev–Trinajstić information content (AvgIpc) is 2.38. The van der Waals surface area contributed by atoms with Gasteiger partial charge >= 0.3 is 5.97 Å². The summed E-state index contributed by atoms with van der Waals surface area (Å²) in [5.74, 6) is -0.231. The Bertz CT molecular complexity index is 441. The van der Waals surface area contributed by atoms with Crippen LogP contribution in [-0.2, 0) is 22.5 Å². The number of aliphatic hydroxyl groups is 1. The molecule has 1 fully saturated rings. The Balaban J connectivity index is 1.90. The number of carbonyl (C=O) groups excluding carboxylic acids is 1. The van der Waals surface area contributed by atoms with Crippen LogP contribution in [0.1, 0.15) is 30.4 Å². The Morgan fingerprint density at radius 2 is 2.05 bits per heavy atom. The normalized spacial score (nSPS) is 16.7. The molecule has 0 atom stereocenters. The summed E-state index contributed by atoms with van der Waals surface area (Å²) in [6.45, 7) is 1.27. The van der Waals surface area contributed by atoms with Crippen molar-refractivity contribution in [3.05, 3.63) is 35.4 Å². The van der Waals surface area contributed by atoms with Crippen molar-refractivity contribution in [2.45, 2.75) is 37.8 Å². The molecule has 0 aromatic heterocycles. The van der Waals surface area contributed by atoms with E-state index in [4.69, 9.17) is 4.74 Å². The number of methoxy groups -OCH3 is 1. The number of rotatable bonds is 6. The number of carbonyl (C=O) groups is 1. The first-order valence-electron chi connectivity index (χ1n) is 6.70. The van der Waals surface area contributed by atoms with Crippen LogP contribution in [0, 0.1) is 0 Å². The van der Waals surface area contributed by atoms with Crippen LogP contribution in [0.25, 0.3) is 0 Å². The second-order valence-electron chi connectivity index (χ2n) is 5.20. The van der Waals surface area contributed by atoms with Gasteiger partial charge in [0.25, 0.3) is 0 Å². The summed E-state index contributed by atoms with van der Waals surface area (Å²) in [6.07, 6.45) is 3.16. The molecule has 19 heavy (non-hydrogen) atoms. The minimum absolute atomic E-state index is 0.231. The van der Waals surface area contributed by atoms with Gasteiger partial charge in [0.2, 0.25) is 0 Å². The average molecular weight is 263 g/mol. The van der Waals surface area contributed by atoms with Gasteiger partial charge in [-0.3, -0.25) is 4.79 Å². The van der Waals surface area contributed by atoms with Crippen molar-refractivity contribution in [2.24, 2.45) is 0 Å². The maximum atomic E-state index is 11.3. The van der Waals surface area contributed by atoms with Crippen molar-refractivity contribution >= 4 is 5.97 Å². The van der Waals surface area contributed by atoms with Crippen LogP contribution in [-0.4, -0.2) is 30.3 Å². The predicted octanol–water partition coefficient (Wildman–Crippen LogP) is 1.41. The van der Waals surface area contributed by atoms with Gasteiger partial charge in [0, 0.05) is 13.1 Å². The van der Waals surface area contributed by atoms with Crippen molar-refractivity contribution in [1.82, 2.24) is 5.32 Å². The van der Waals surface area contributed by atoms with Gasteiger partial charge in [0.1, 0.15) is 0 Å². The third-order valence-corrected chi connectivity index (χ3v) is 3.73. The molecule has 1 aromatic carbocycles. The van der Waals surface area contributed by atoms with Gasteiger partial charge in [0.15, 0.2) is 0 Å². The molecule has 0 aliphatic heterocycles. The lowest BCUT2D eigenvalue weighted by molar-refractivity contribution is -0.139. The zero-order valence-corrected chi connectivity index (χ0v) is 11.3. The highest BCUT2D eigenvalue weighted by atomic mass is 16.5. The van der Waals surface area contributed by atoms with Crippen molar-refractivity contribution in [3.63, 3.8) is 0 Å². The van der Waals surface area contributed by atoms with E-state index in [1.54, 1.807) is 0 Å². The molecule has 104 valence electrons. The van der Waals surface area contributed by atoms with Crippen LogP contribution in [0.5, 0.6) is 0 Å². The maximum absolute atomic E-state index is 11.3. The number of nitrogens with one attached hydrogen (secondary N) is 1. The van der Waals surface area contributed by atoms with E-state index >= 15 is 0 Å². The topological polar surface area (TPSA) is 58.6 Å². The molecule has 0 saturated heterocycles. The van der Waals surface area contributed by atoms with Crippen molar-refractivity contribution in [1.29, 1.82) is 0 Å². The zero-order chi connectivity index (χ0) is 13.7. The molecule has 1 aliphatic carbocycles. The van der Waals surface area contributed by atoms with Crippen LogP contribution in [0.4, 0.5) is 0 Å². The van der Waals surface area contributed by atoms with Gasteiger partial charge in [-0.1, -0.05) is 24.3 Å². The molecule has 0 bridgehead atoms. The molecular formula is C15H21NO3. The van der Waals surface area contributed by atoms with Gasteiger partial charge in [-0.05, 0) is 30.4 Å². The molecule has 0 unspecified atom stereocenters. The lowest BCUT2D eigenvalue weighted by Gasteiger charge is -2.36. The minimum Gasteiger partial charge on any atom is -0.469 e. The summed E-state index contributed by atoms with van der Waals surface area (Å²) in [6, 6.07) is 7.80. The summed E-state index contributed by atoms with van der Waals surface area (Å²) < 4.78 is 4.70.